The molecule has 0 aliphatic rings. The molecule has 0 radical (unpaired) electrons. The fourth-order valence-electron chi connectivity index (χ4n) is 1.75. The maximum absolute atomic E-state index is 10.7. The summed E-state index contributed by atoms with van der Waals surface area (Å²) in [6.07, 6.45) is -1.10. The van der Waals surface area contributed by atoms with Crippen molar-refractivity contribution in [1.29, 1.82) is 0 Å². The first-order valence-electron chi connectivity index (χ1n) is 6.46. The van der Waals surface area contributed by atoms with Gasteiger partial charge < -0.3 is 10.4 Å². The number of benzene rings is 1. The Kier molecular flexibility index (Phi) is 4.18. The van der Waals surface area contributed by atoms with E-state index < -0.39 is 6.09 Å². The quantitative estimate of drug-likeness (QED) is 0.913. The number of carboxylic acid groups (broad SMARTS) is 1. The molecule has 1 aromatic heterocycles. The summed E-state index contributed by atoms with van der Waals surface area (Å²) in [4.78, 5) is 15.1. The normalized spacial score (nSPS) is 11.4. The number of hydrogen-bond donors (Lipinski definition) is 2. The minimum absolute atomic E-state index is 0.0743. The van der Waals surface area contributed by atoms with Gasteiger partial charge in [-0.05, 0) is 18.2 Å². The first-order valence-corrected chi connectivity index (χ1v) is 6.84. The van der Waals surface area contributed by atoms with Gasteiger partial charge in [0.2, 0.25) is 0 Å². The molecular formula is C14H17ClN4O2. The molecule has 0 saturated heterocycles. The fraction of sp³-hybridized carbons (Fsp3) is 0.357. The minimum atomic E-state index is -1.10. The highest BCUT2D eigenvalue weighted by Gasteiger charge is 2.22. The molecule has 0 aliphatic carbocycles. The molecular weight excluding hydrogens is 292 g/mol. The summed E-state index contributed by atoms with van der Waals surface area (Å²) in [6.45, 7) is 6.07. The van der Waals surface area contributed by atoms with Crippen LogP contribution in [0.4, 0.5) is 4.79 Å². The highest BCUT2D eigenvalue weighted by atomic mass is 35.5. The Morgan fingerprint density at radius 2 is 2.14 bits per heavy atom. The van der Waals surface area contributed by atoms with Crippen molar-refractivity contribution in [2.75, 3.05) is 0 Å². The monoisotopic (exact) mass is 308 g/mol. The lowest BCUT2D eigenvalue weighted by Gasteiger charge is -2.12. The average molecular weight is 309 g/mol. The van der Waals surface area contributed by atoms with Gasteiger partial charge >= 0.3 is 6.09 Å². The molecule has 21 heavy (non-hydrogen) atoms. The van der Waals surface area contributed by atoms with Gasteiger partial charge in [0.25, 0.3) is 0 Å². The molecule has 0 atom stereocenters. The molecule has 0 bridgehead atoms. The molecule has 1 amide bonds. The van der Waals surface area contributed by atoms with E-state index in [1.54, 1.807) is 16.8 Å². The molecule has 1 aromatic carbocycles. The van der Waals surface area contributed by atoms with Crippen molar-refractivity contribution in [1.82, 2.24) is 20.1 Å². The number of nitrogens with one attached hydrogen (secondary N) is 1. The molecule has 0 spiro atoms. The summed E-state index contributed by atoms with van der Waals surface area (Å²) >= 11 is 6.00. The van der Waals surface area contributed by atoms with Crippen LogP contribution < -0.4 is 5.32 Å². The fourth-order valence-corrected chi connectivity index (χ4v) is 1.93. The zero-order valence-corrected chi connectivity index (χ0v) is 12.8. The predicted molar refractivity (Wildman–Crippen MR) is 79.9 cm³/mol. The van der Waals surface area contributed by atoms with Crippen LogP contribution in [-0.4, -0.2) is 26.0 Å². The van der Waals surface area contributed by atoms with E-state index in [9.17, 15) is 4.79 Å². The molecule has 112 valence electrons. The Hall–Kier alpha value is -2.08. The molecule has 0 unspecified atom stereocenters. The summed E-state index contributed by atoms with van der Waals surface area (Å²) in [7, 11) is 0. The molecule has 0 fully saturated rings. The molecule has 2 N–H and O–H groups in total. The van der Waals surface area contributed by atoms with Gasteiger partial charge in [-0.2, -0.15) is 5.10 Å². The van der Waals surface area contributed by atoms with Crippen molar-refractivity contribution in [2.24, 2.45) is 0 Å². The van der Waals surface area contributed by atoms with Crippen molar-refractivity contribution in [3.8, 4) is 5.69 Å². The summed E-state index contributed by atoms with van der Waals surface area (Å²) in [5.41, 5.74) is 0.509. The standard InChI is InChI=1S/C14H17ClN4O2/c1-14(2,3)12-17-11(8-16-13(20)21)19(18-12)10-6-4-5-9(15)7-10/h4-7,16H,8H2,1-3H3,(H,20,21). The third-order valence-electron chi connectivity index (χ3n) is 2.80. The molecule has 6 nitrogen and oxygen atoms in total. The molecule has 2 rings (SSSR count). The highest BCUT2D eigenvalue weighted by Crippen LogP contribution is 2.21. The average Bonchev–Trinajstić information content (AvgIpc) is 2.80. The van der Waals surface area contributed by atoms with Gasteiger partial charge in [0.15, 0.2) is 11.6 Å². The lowest BCUT2D eigenvalue weighted by Crippen LogP contribution is -2.22. The molecule has 1 heterocycles. The van der Waals surface area contributed by atoms with Gasteiger partial charge in [0.1, 0.15) is 0 Å². The zero-order valence-electron chi connectivity index (χ0n) is 12.1. The Balaban J connectivity index is 2.46. The third-order valence-corrected chi connectivity index (χ3v) is 3.03. The van der Waals surface area contributed by atoms with Crippen LogP contribution in [0.2, 0.25) is 5.02 Å². The van der Waals surface area contributed by atoms with E-state index in [0.29, 0.717) is 16.7 Å². The lowest BCUT2D eigenvalue weighted by atomic mass is 9.96. The van der Waals surface area contributed by atoms with E-state index in [1.165, 1.54) is 0 Å². The Bertz CT molecular complexity index is 661. The van der Waals surface area contributed by atoms with Crippen LogP contribution in [0, 0.1) is 0 Å². The van der Waals surface area contributed by atoms with Crippen LogP contribution in [-0.2, 0) is 12.0 Å². The van der Waals surface area contributed by atoms with E-state index in [1.807, 2.05) is 32.9 Å². The van der Waals surface area contributed by atoms with Crippen LogP contribution in [0.25, 0.3) is 5.69 Å². The van der Waals surface area contributed by atoms with E-state index in [4.69, 9.17) is 16.7 Å². The first-order chi connectivity index (χ1) is 9.77. The second-order valence-corrected chi connectivity index (χ2v) is 6.09. The van der Waals surface area contributed by atoms with Gasteiger partial charge in [-0.3, -0.25) is 0 Å². The van der Waals surface area contributed by atoms with E-state index >= 15 is 0 Å². The number of hydrogen-bond acceptors (Lipinski definition) is 3. The zero-order chi connectivity index (χ0) is 15.6. The molecule has 7 heteroatoms. The number of aromatic nitrogens is 3. The van der Waals surface area contributed by atoms with Crippen LogP contribution in [0.15, 0.2) is 24.3 Å². The summed E-state index contributed by atoms with van der Waals surface area (Å²) in [5, 5.41) is 16.1. The van der Waals surface area contributed by atoms with Crippen molar-refractivity contribution >= 4 is 17.7 Å². The summed E-state index contributed by atoms with van der Waals surface area (Å²) < 4.78 is 1.61. The second kappa shape index (κ2) is 5.73. The molecule has 0 saturated carbocycles. The number of rotatable bonds is 3. The van der Waals surface area contributed by atoms with Crippen LogP contribution in [0.5, 0.6) is 0 Å². The van der Waals surface area contributed by atoms with E-state index in [0.717, 1.165) is 5.69 Å². The molecule has 0 aliphatic heterocycles. The third kappa shape index (κ3) is 3.72. The van der Waals surface area contributed by atoms with Gasteiger partial charge in [0, 0.05) is 10.4 Å². The van der Waals surface area contributed by atoms with Crippen molar-refractivity contribution in [2.45, 2.75) is 32.7 Å². The lowest BCUT2D eigenvalue weighted by molar-refractivity contribution is 0.193. The topological polar surface area (TPSA) is 80.0 Å². The van der Waals surface area contributed by atoms with Gasteiger partial charge in [-0.1, -0.05) is 38.4 Å². The summed E-state index contributed by atoms with van der Waals surface area (Å²) in [5.74, 6) is 1.16. The van der Waals surface area contributed by atoms with Gasteiger partial charge in [0.05, 0.1) is 12.2 Å². The van der Waals surface area contributed by atoms with Crippen LogP contribution in [0.1, 0.15) is 32.4 Å². The smallest absolute Gasteiger partial charge is 0.405 e. The number of carbonyl (C=O) groups is 1. The maximum Gasteiger partial charge on any atom is 0.405 e. The largest absolute Gasteiger partial charge is 0.465 e. The number of nitrogens with zero attached hydrogens (tertiary/aromatic N) is 3. The van der Waals surface area contributed by atoms with Crippen LogP contribution >= 0.6 is 11.6 Å². The minimum Gasteiger partial charge on any atom is -0.465 e. The van der Waals surface area contributed by atoms with Gasteiger partial charge in [-0.25, -0.2) is 14.5 Å². The second-order valence-electron chi connectivity index (χ2n) is 5.65. The van der Waals surface area contributed by atoms with E-state index in [-0.39, 0.29) is 12.0 Å². The Labute approximate surface area is 127 Å². The number of amides is 1. The molecule has 2 aromatic rings. The highest BCUT2D eigenvalue weighted by molar-refractivity contribution is 6.30. The SMILES string of the molecule is CC(C)(C)c1nc(CNC(=O)O)n(-c2cccc(Cl)c2)n1. The van der Waals surface area contributed by atoms with Crippen molar-refractivity contribution in [3.63, 3.8) is 0 Å². The maximum atomic E-state index is 10.7. The first kappa shape index (κ1) is 15.3. The van der Waals surface area contributed by atoms with Gasteiger partial charge in [-0.15, -0.1) is 0 Å². The predicted octanol–water partition coefficient (Wildman–Crippen LogP) is 2.99. The Morgan fingerprint density at radius 1 is 1.43 bits per heavy atom. The van der Waals surface area contributed by atoms with Crippen molar-refractivity contribution in [3.05, 3.63) is 40.9 Å². The van der Waals surface area contributed by atoms with Crippen molar-refractivity contribution < 1.29 is 9.90 Å². The number of halogens is 1. The summed E-state index contributed by atoms with van der Waals surface area (Å²) in [6, 6.07) is 7.18. The van der Waals surface area contributed by atoms with Crippen LogP contribution in [0.3, 0.4) is 0 Å². The van der Waals surface area contributed by atoms with E-state index in [2.05, 4.69) is 15.4 Å². The Morgan fingerprint density at radius 3 is 2.71 bits per heavy atom.